The Kier molecular flexibility index (Phi) is 17.4. The van der Waals surface area contributed by atoms with Crippen LogP contribution >= 0.6 is 0 Å². The molecular weight excluding hydrogens is 260 g/mol. The highest BCUT2D eigenvalue weighted by atomic mass is 28.3. The van der Waals surface area contributed by atoms with Gasteiger partial charge in [0.2, 0.25) is 0 Å². The van der Waals surface area contributed by atoms with Crippen LogP contribution in [0.5, 0.6) is 0 Å². The molecule has 0 aliphatic carbocycles. The normalized spacial score (nSPS) is 11.4. The van der Waals surface area contributed by atoms with Crippen molar-refractivity contribution < 1.29 is 4.43 Å². The lowest BCUT2D eigenvalue weighted by Gasteiger charge is -2.06. The molecule has 1 nitrogen and oxygen atoms in total. The minimum atomic E-state index is -0.762. The van der Waals surface area contributed by atoms with Crippen LogP contribution in [0.4, 0.5) is 0 Å². The van der Waals surface area contributed by atoms with Crippen LogP contribution in [0.2, 0.25) is 13.1 Å². The zero-order chi connectivity index (χ0) is 14.9. The minimum Gasteiger partial charge on any atom is -0.421 e. The van der Waals surface area contributed by atoms with E-state index >= 15 is 0 Å². The van der Waals surface area contributed by atoms with E-state index in [1.165, 1.54) is 89.9 Å². The second-order valence-electron chi connectivity index (χ2n) is 6.52. The van der Waals surface area contributed by atoms with Crippen molar-refractivity contribution in [2.24, 2.45) is 0 Å². The Bertz CT molecular complexity index is 171. The number of unbranched alkanes of at least 4 members (excludes halogenated alkanes) is 13. The van der Waals surface area contributed by atoms with Gasteiger partial charge in [0.05, 0.1) is 0 Å². The Morgan fingerprint density at radius 1 is 0.550 bits per heavy atom. The molecule has 0 spiro atoms. The summed E-state index contributed by atoms with van der Waals surface area (Å²) in [5.74, 6) is 0. The van der Waals surface area contributed by atoms with Crippen molar-refractivity contribution >= 4 is 9.04 Å². The van der Waals surface area contributed by atoms with Crippen LogP contribution in [-0.4, -0.2) is 15.6 Å². The van der Waals surface area contributed by atoms with Gasteiger partial charge < -0.3 is 4.43 Å². The molecule has 0 amide bonds. The molecule has 20 heavy (non-hydrogen) atoms. The van der Waals surface area contributed by atoms with Gasteiger partial charge in [-0.15, -0.1) is 0 Å². The van der Waals surface area contributed by atoms with Gasteiger partial charge in [-0.3, -0.25) is 0 Å². The van der Waals surface area contributed by atoms with Crippen LogP contribution in [0.25, 0.3) is 0 Å². The van der Waals surface area contributed by atoms with E-state index in [9.17, 15) is 0 Å². The first-order chi connectivity index (χ1) is 9.77. The minimum absolute atomic E-state index is 0.762. The maximum atomic E-state index is 5.69. The largest absolute Gasteiger partial charge is 0.421 e. The quantitative estimate of drug-likeness (QED) is 0.234. The predicted molar refractivity (Wildman–Crippen MR) is 95.1 cm³/mol. The lowest BCUT2D eigenvalue weighted by atomic mass is 10.0. The first kappa shape index (κ1) is 20.2. The molecule has 0 radical (unpaired) electrons. The number of hydrogen-bond acceptors (Lipinski definition) is 1. The number of hydrogen-bond donors (Lipinski definition) is 0. The fourth-order valence-electron chi connectivity index (χ4n) is 2.62. The molecule has 0 heterocycles. The van der Waals surface area contributed by atoms with Gasteiger partial charge in [0, 0.05) is 6.61 Å². The third-order valence-electron chi connectivity index (χ3n) is 3.95. The van der Waals surface area contributed by atoms with Crippen molar-refractivity contribution in [3.63, 3.8) is 0 Å². The Balaban J connectivity index is 2.92. The maximum absolute atomic E-state index is 5.69. The molecule has 0 saturated carbocycles. The molecular formula is C18H40OSi. The average molecular weight is 301 g/mol. The first-order valence-corrected chi connectivity index (χ1v) is 12.2. The summed E-state index contributed by atoms with van der Waals surface area (Å²) >= 11 is 0. The average Bonchev–Trinajstić information content (AvgIpc) is 2.43. The van der Waals surface area contributed by atoms with Crippen molar-refractivity contribution in [1.29, 1.82) is 0 Å². The van der Waals surface area contributed by atoms with Gasteiger partial charge in [0.25, 0.3) is 0 Å². The SMILES string of the molecule is CCCCCCCCCCCCCCCCO[SiH](C)C. The van der Waals surface area contributed by atoms with Gasteiger partial charge in [-0.25, -0.2) is 0 Å². The lowest BCUT2D eigenvalue weighted by molar-refractivity contribution is 0.311. The zero-order valence-electron chi connectivity index (χ0n) is 14.6. The molecule has 0 aliphatic rings. The summed E-state index contributed by atoms with van der Waals surface area (Å²) < 4.78 is 5.69. The van der Waals surface area contributed by atoms with Crippen LogP contribution < -0.4 is 0 Å². The van der Waals surface area contributed by atoms with Crippen molar-refractivity contribution in [1.82, 2.24) is 0 Å². The molecule has 0 bridgehead atoms. The summed E-state index contributed by atoms with van der Waals surface area (Å²) in [6.07, 6.45) is 20.0. The smallest absolute Gasteiger partial charge is 0.170 e. The maximum Gasteiger partial charge on any atom is 0.170 e. The molecule has 0 aromatic rings. The Morgan fingerprint density at radius 3 is 1.25 bits per heavy atom. The van der Waals surface area contributed by atoms with E-state index in [0.29, 0.717) is 0 Å². The molecule has 122 valence electrons. The zero-order valence-corrected chi connectivity index (χ0v) is 15.7. The molecule has 0 aliphatic heterocycles. The van der Waals surface area contributed by atoms with Gasteiger partial charge in [-0.1, -0.05) is 90.4 Å². The summed E-state index contributed by atoms with van der Waals surface area (Å²) in [4.78, 5) is 0. The fraction of sp³-hybridized carbons (Fsp3) is 1.00. The highest BCUT2D eigenvalue weighted by molar-refractivity contribution is 6.48. The van der Waals surface area contributed by atoms with E-state index in [2.05, 4.69) is 20.0 Å². The summed E-state index contributed by atoms with van der Waals surface area (Å²) in [7, 11) is -0.762. The van der Waals surface area contributed by atoms with Crippen molar-refractivity contribution in [2.75, 3.05) is 6.61 Å². The van der Waals surface area contributed by atoms with Gasteiger partial charge in [0.1, 0.15) is 0 Å². The predicted octanol–water partition coefficient (Wildman–Crippen LogP) is 6.47. The monoisotopic (exact) mass is 300 g/mol. The molecule has 0 aromatic heterocycles. The lowest BCUT2D eigenvalue weighted by Crippen LogP contribution is -2.08. The summed E-state index contributed by atoms with van der Waals surface area (Å²) in [6, 6.07) is 0. The van der Waals surface area contributed by atoms with Crippen LogP contribution in [-0.2, 0) is 4.43 Å². The molecule has 0 N–H and O–H groups in total. The third-order valence-corrected chi connectivity index (χ3v) is 4.85. The standard InChI is InChI=1S/C18H40OSi/c1-4-5-6-7-8-9-10-11-12-13-14-15-16-17-18-19-20(2)3/h20H,4-18H2,1-3H3. The molecule has 0 saturated heterocycles. The first-order valence-electron chi connectivity index (χ1n) is 9.39. The Hall–Kier alpha value is 0.177. The van der Waals surface area contributed by atoms with E-state index in [0.717, 1.165) is 6.61 Å². The van der Waals surface area contributed by atoms with Crippen molar-refractivity contribution in [2.45, 2.75) is 110 Å². The summed E-state index contributed by atoms with van der Waals surface area (Å²) in [6.45, 7) is 7.81. The third kappa shape index (κ3) is 18.2. The van der Waals surface area contributed by atoms with Gasteiger partial charge in [-0.2, -0.15) is 0 Å². The van der Waals surface area contributed by atoms with Crippen LogP contribution in [0.15, 0.2) is 0 Å². The van der Waals surface area contributed by atoms with Crippen LogP contribution in [0.1, 0.15) is 96.8 Å². The van der Waals surface area contributed by atoms with Gasteiger partial charge >= 0.3 is 0 Å². The van der Waals surface area contributed by atoms with E-state index in [4.69, 9.17) is 4.43 Å². The topological polar surface area (TPSA) is 9.23 Å². The van der Waals surface area contributed by atoms with Crippen molar-refractivity contribution in [3.8, 4) is 0 Å². The Morgan fingerprint density at radius 2 is 0.900 bits per heavy atom. The van der Waals surface area contributed by atoms with E-state index in [1.54, 1.807) is 0 Å². The number of rotatable bonds is 16. The summed E-state index contributed by atoms with van der Waals surface area (Å²) in [5.41, 5.74) is 0. The van der Waals surface area contributed by atoms with Crippen molar-refractivity contribution in [3.05, 3.63) is 0 Å². The highest BCUT2D eigenvalue weighted by Gasteiger charge is 1.96. The summed E-state index contributed by atoms with van der Waals surface area (Å²) in [5, 5.41) is 0. The molecule has 0 unspecified atom stereocenters. The highest BCUT2D eigenvalue weighted by Crippen LogP contribution is 2.12. The van der Waals surface area contributed by atoms with Crippen LogP contribution in [0.3, 0.4) is 0 Å². The van der Waals surface area contributed by atoms with Gasteiger partial charge in [-0.05, 0) is 19.5 Å². The fourth-order valence-corrected chi connectivity index (χ4v) is 3.25. The second-order valence-corrected chi connectivity index (χ2v) is 8.95. The van der Waals surface area contributed by atoms with E-state index < -0.39 is 9.04 Å². The molecule has 2 heteroatoms. The van der Waals surface area contributed by atoms with E-state index in [-0.39, 0.29) is 0 Å². The van der Waals surface area contributed by atoms with Crippen LogP contribution in [0, 0.1) is 0 Å². The second kappa shape index (κ2) is 17.2. The Labute approximate surface area is 130 Å². The van der Waals surface area contributed by atoms with E-state index in [1.807, 2.05) is 0 Å². The molecule has 0 rings (SSSR count). The molecule has 0 atom stereocenters. The molecule has 0 fully saturated rings. The molecule has 0 aromatic carbocycles. The van der Waals surface area contributed by atoms with Gasteiger partial charge in [0.15, 0.2) is 9.04 Å².